The van der Waals surface area contributed by atoms with E-state index >= 15 is 0 Å². The largest absolute Gasteiger partial charge is 0.378 e. The molecule has 2 fully saturated rings. The molecule has 1 heterocycles. The second kappa shape index (κ2) is 6.32. The van der Waals surface area contributed by atoms with Gasteiger partial charge in [0.25, 0.3) is 0 Å². The van der Waals surface area contributed by atoms with Crippen molar-refractivity contribution in [1.82, 2.24) is 0 Å². The van der Waals surface area contributed by atoms with Gasteiger partial charge in [-0.05, 0) is 36.6 Å². The lowest BCUT2D eigenvalue weighted by Crippen LogP contribution is -2.07. The molecule has 0 spiro atoms. The molecule has 1 aliphatic heterocycles. The SMILES string of the molecule is CN(C)c1ccc(C=C2CCC(=C3SCCS3)C2=O)cc1. The van der Waals surface area contributed by atoms with E-state index in [-0.39, 0.29) is 5.78 Å². The molecule has 3 rings (SSSR count). The molecule has 21 heavy (non-hydrogen) atoms. The standard InChI is InChI=1S/C17H19NOS2/c1-18(2)14-6-3-12(4-7-14)11-13-5-8-15(16(13)19)17-20-9-10-21-17/h3-4,6-7,11H,5,8-10H2,1-2H3. The minimum absolute atomic E-state index is 0.267. The predicted molar refractivity (Wildman–Crippen MR) is 94.9 cm³/mol. The highest BCUT2D eigenvalue weighted by Gasteiger charge is 2.28. The zero-order valence-electron chi connectivity index (χ0n) is 12.4. The molecule has 2 aliphatic rings. The fourth-order valence-corrected chi connectivity index (χ4v) is 5.18. The van der Waals surface area contributed by atoms with E-state index in [0.29, 0.717) is 0 Å². The number of anilines is 1. The highest BCUT2D eigenvalue weighted by Crippen LogP contribution is 2.43. The first-order chi connectivity index (χ1) is 10.1. The number of rotatable bonds is 2. The van der Waals surface area contributed by atoms with Crippen molar-refractivity contribution in [2.45, 2.75) is 12.8 Å². The van der Waals surface area contributed by atoms with Crippen molar-refractivity contribution in [2.75, 3.05) is 30.5 Å². The molecular formula is C17H19NOS2. The Bertz CT molecular complexity index is 606. The van der Waals surface area contributed by atoms with Crippen molar-refractivity contribution in [1.29, 1.82) is 0 Å². The van der Waals surface area contributed by atoms with Crippen LogP contribution in [0.1, 0.15) is 18.4 Å². The number of carbonyl (C=O) groups is 1. The van der Waals surface area contributed by atoms with Crippen molar-refractivity contribution < 1.29 is 4.79 Å². The molecule has 1 aromatic rings. The van der Waals surface area contributed by atoms with Crippen molar-refractivity contribution in [3.05, 3.63) is 45.2 Å². The molecule has 0 bridgehead atoms. The van der Waals surface area contributed by atoms with Crippen LogP contribution < -0.4 is 4.90 Å². The van der Waals surface area contributed by atoms with Gasteiger partial charge in [-0.25, -0.2) is 0 Å². The molecule has 1 saturated heterocycles. The fraction of sp³-hybridized carbons (Fsp3) is 0.353. The molecule has 1 saturated carbocycles. The molecule has 1 aromatic carbocycles. The summed E-state index contributed by atoms with van der Waals surface area (Å²) in [4.78, 5) is 14.6. The minimum Gasteiger partial charge on any atom is -0.378 e. The third-order valence-corrected chi connectivity index (χ3v) is 6.56. The monoisotopic (exact) mass is 317 g/mol. The molecule has 0 amide bonds. The van der Waals surface area contributed by atoms with E-state index in [1.165, 1.54) is 9.92 Å². The smallest absolute Gasteiger partial charge is 0.186 e. The number of nitrogens with zero attached hydrogens (tertiary/aromatic N) is 1. The van der Waals surface area contributed by atoms with Gasteiger partial charge in [0.05, 0.1) is 0 Å². The Morgan fingerprint density at radius 1 is 1.05 bits per heavy atom. The topological polar surface area (TPSA) is 20.3 Å². The van der Waals surface area contributed by atoms with Gasteiger partial charge < -0.3 is 4.90 Å². The summed E-state index contributed by atoms with van der Waals surface area (Å²) in [5, 5.41) is 0. The third kappa shape index (κ3) is 3.22. The van der Waals surface area contributed by atoms with Crippen LogP contribution in [0.15, 0.2) is 39.6 Å². The number of hydrogen-bond donors (Lipinski definition) is 0. The average molecular weight is 317 g/mol. The maximum absolute atomic E-state index is 12.5. The Kier molecular flexibility index (Phi) is 4.45. The van der Waals surface area contributed by atoms with Crippen LogP contribution in [0.3, 0.4) is 0 Å². The summed E-state index contributed by atoms with van der Waals surface area (Å²) in [7, 11) is 4.06. The van der Waals surface area contributed by atoms with Gasteiger partial charge in [0.2, 0.25) is 0 Å². The maximum Gasteiger partial charge on any atom is 0.186 e. The van der Waals surface area contributed by atoms with Gasteiger partial charge in [-0.1, -0.05) is 12.1 Å². The lowest BCUT2D eigenvalue weighted by Gasteiger charge is -2.11. The van der Waals surface area contributed by atoms with Crippen molar-refractivity contribution in [2.24, 2.45) is 0 Å². The Morgan fingerprint density at radius 3 is 2.33 bits per heavy atom. The number of ketones is 1. The van der Waals surface area contributed by atoms with Gasteiger partial charge in [-0.3, -0.25) is 4.79 Å². The quantitative estimate of drug-likeness (QED) is 0.762. The van der Waals surface area contributed by atoms with Crippen LogP contribution in [-0.4, -0.2) is 31.4 Å². The summed E-state index contributed by atoms with van der Waals surface area (Å²) in [5.41, 5.74) is 4.31. The van der Waals surface area contributed by atoms with E-state index in [1.54, 1.807) is 0 Å². The Hall–Kier alpha value is -1.13. The highest BCUT2D eigenvalue weighted by atomic mass is 32.2. The van der Waals surface area contributed by atoms with Crippen LogP contribution in [0.2, 0.25) is 0 Å². The number of benzene rings is 1. The first kappa shape index (κ1) is 14.8. The van der Waals surface area contributed by atoms with E-state index in [4.69, 9.17) is 0 Å². The lowest BCUT2D eigenvalue weighted by atomic mass is 10.1. The molecule has 4 heteroatoms. The van der Waals surface area contributed by atoms with E-state index in [1.807, 2.05) is 37.6 Å². The van der Waals surface area contributed by atoms with Crippen LogP contribution >= 0.6 is 23.5 Å². The lowest BCUT2D eigenvalue weighted by molar-refractivity contribution is -0.111. The van der Waals surface area contributed by atoms with E-state index in [2.05, 4.69) is 35.2 Å². The number of thioether (sulfide) groups is 2. The minimum atomic E-state index is 0.267. The summed E-state index contributed by atoms with van der Waals surface area (Å²) in [6, 6.07) is 8.35. The second-order valence-electron chi connectivity index (χ2n) is 5.45. The van der Waals surface area contributed by atoms with Gasteiger partial charge in [0.15, 0.2) is 5.78 Å². The number of allylic oxidation sites excluding steroid dienone is 2. The average Bonchev–Trinajstić information content (AvgIpc) is 3.10. The van der Waals surface area contributed by atoms with Gasteiger partial charge in [0, 0.05) is 46.7 Å². The zero-order chi connectivity index (χ0) is 14.8. The van der Waals surface area contributed by atoms with Gasteiger partial charge in [-0.2, -0.15) is 0 Å². The normalized spacial score (nSPS) is 20.7. The van der Waals surface area contributed by atoms with Crippen LogP contribution in [0.4, 0.5) is 5.69 Å². The maximum atomic E-state index is 12.5. The van der Waals surface area contributed by atoms with E-state index in [0.717, 1.165) is 41.1 Å². The van der Waals surface area contributed by atoms with Crippen molar-refractivity contribution in [3.8, 4) is 0 Å². The van der Waals surface area contributed by atoms with Crippen LogP contribution in [-0.2, 0) is 4.79 Å². The number of carbonyl (C=O) groups excluding carboxylic acids is 1. The van der Waals surface area contributed by atoms with Crippen molar-refractivity contribution >= 4 is 41.1 Å². The molecular weight excluding hydrogens is 298 g/mol. The predicted octanol–water partition coefficient (Wildman–Crippen LogP) is 4.19. The summed E-state index contributed by atoms with van der Waals surface area (Å²) < 4.78 is 1.27. The third-order valence-electron chi connectivity index (χ3n) is 3.76. The summed E-state index contributed by atoms with van der Waals surface area (Å²) in [6.07, 6.45) is 3.85. The van der Waals surface area contributed by atoms with Crippen LogP contribution in [0.25, 0.3) is 6.08 Å². The Morgan fingerprint density at radius 2 is 1.71 bits per heavy atom. The molecule has 1 aliphatic carbocycles. The molecule has 0 radical (unpaired) electrons. The molecule has 0 atom stereocenters. The van der Waals surface area contributed by atoms with Crippen LogP contribution in [0, 0.1) is 0 Å². The summed E-state index contributed by atoms with van der Waals surface area (Å²) in [6.45, 7) is 0. The number of Topliss-reactive ketones (excluding diaryl/α,β-unsaturated/α-hetero) is 1. The fourth-order valence-electron chi connectivity index (χ4n) is 2.57. The molecule has 0 unspecified atom stereocenters. The first-order valence-electron chi connectivity index (χ1n) is 7.16. The summed E-state index contributed by atoms with van der Waals surface area (Å²) in [5.74, 6) is 2.55. The molecule has 110 valence electrons. The Balaban J connectivity index is 1.81. The van der Waals surface area contributed by atoms with Gasteiger partial charge >= 0.3 is 0 Å². The summed E-state index contributed by atoms with van der Waals surface area (Å²) >= 11 is 3.69. The van der Waals surface area contributed by atoms with Gasteiger partial charge in [0.1, 0.15) is 0 Å². The second-order valence-corrected chi connectivity index (χ2v) is 7.92. The van der Waals surface area contributed by atoms with Crippen LogP contribution in [0.5, 0.6) is 0 Å². The highest BCUT2D eigenvalue weighted by molar-refractivity contribution is 8.25. The molecule has 2 nitrogen and oxygen atoms in total. The number of hydrogen-bond acceptors (Lipinski definition) is 4. The first-order valence-corrected chi connectivity index (χ1v) is 9.13. The molecule has 0 N–H and O–H groups in total. The zero-order valence-corrected chi connectivity index (χ0v) is 14.0. The molecule has 0 aromatic heterocycles. The van der Waals surface area contributed by atoms with E-state index < -0.39 is 0 Å². The Labute approximate surface area is 134 Å². The van der Waals surface area contributed by atoms with Crippen molar-refractivity contribution in [3.63, 3.8) is 0 Å². The van der Waals surface area contributed by atoms with Gasteiger partial charge in [-0.15, -0.1) is 23.5 Å². The van der Waals surface area contributed by atoms with E-state index in [9.17, 15) is 4.79 Å².